The summed E-state index contributed by atoms with van der Waals surface area (Å²) in [4.78, 5) is 16.2. The second-order valence-electron chi connectivity index (χ2n) is 2.34. The molecule has 0 aliphatic heterocycles. The molecule has 66 valence electrons. The molecule has 0 fully saturated rings. The van der Waals surface area contributed by atoms with Gasteiger partial charge >= 0.3 is 0 Å². The number of anilines is 1. The topological polar surface area (TPSA) is 46.3 Å². The number of carbonyl (C=O) groups is 1. The van der Waals surface area contributed by atoms with Crippen molar-refractivity contribution in [3.05, 3.63) is 12.0 Å². The highest BCUT2D eigenvalue weighted by atomic mass is 16.4. The molecule has 0 spiro atoms. The minimum atomic E-state index is 0.275. The van der Waals surface area contributed by atoms with Crippen molar-refractivity contribution in [1.82, 2.24) is 4.98 Å². The maximum absolute atomic E-state index is 10.3. The van der Waals surface area contributed by atoms with Gasteiger partial charge in [0.1, 0.15) is 0 Å². The van der Waals surface area contributed by atoms with Gasteiger partial charge in [-0.3, -0.25) is 4.79 Å². The Hall–Kier alpha value is -1.32. The zero-order valence-corrected chi connectivity index (χ0v) is 7.28. The highest BCUT2D eigenvalue weighted by molar-refractivity contribution is 5.70. The summed E-state index contributed by atoms with van der Waals surface area (Å²) in [5.74, 6) is 0.275. The fourth-order valence-electron chi connectivity index (χ4n) is 0.972. The normalized spacial score (nSPS) is 9.83. The van der Waals surface area contributed by atoms with E-state index in [0.717, 1.165) is 13.1 Å². The van der Waals surface area contributed by atoms with Crippen molar-refractivity contribution >= 4 is 12.3 Å². The Bertz CT molecular complexity index is 253. The lowest BCUT2D eigenvalue weighted by atomic mass is 10.5. The predicted octanol–water partition coefficient (Wildman–Crippen LogP) is 1.33. The van der Waals surface area contributed by atoms with Gasteiger partial charge in [0.15, 0.2) is 12.0 Å². The number of hydrogen-bond acceptors (Lipinski definition) is 4. The van der Waals surface area contributed by atoms with Crippen LogP contribution in [0.5, 0.6) is 0 Å². The van der Waals surface area contributed by atoms with Crippen molar-refractivity contribution in [3.8, 4) is 0 Å². The van der Waals surface area contributed by atoms with Gasteiger partial charge in [-0.1, -0.05) is 0 Å². The third-order valence-corrected chi connectivity index (χ3v) is 1.66. The van der Waals surface area contributed by atoms with E-state index in [2.05, 4.69) is 4.98 Å². The first-order valence-electron chi connectivity index (χ1n) is 3.97. The molecular weight excluding hydrogens is 156 g/mol. The molecule has 0 N–H and O–H groups in total. The van der Waals surface area contributed by atoms with Crippen molar-refractivity contribution in [3.63, 3.8) is 0 Å². The molecule has 1 heterocycles. The molecular formula is C8H12N2O2. The summed E-state index contributed by atoms with van der Waals surface area (Å²) in [6.45, 7) is 5.67. The largest absolute Gasteiger partial charge is 0.421 e. The summed E-state index contributed by atoms with van der Waals surface area (Å²) in [5, 5.41) is 0. The fraction of sp³-hybridized carbons (Fsp3) is 0.500. The second-order valence-corrected chi connectivity index (χ2v) is 2.34. The van der Waals surface area contributed by atoms with Gasteiger partial charge in [-0.05, 0) is 13.8 Å². The molecule has 4 nitrogen and oxygen atoms in total. The van der Waals surface area contributed by atoms with Crippen molar-refractivity contribution in [2.75, 3.05) is 18.0 Å². The van der Waals surface area contributed by atoms with Crippen molar-refractivity contribution in [2.24, 2.45) is 0 Å². The molecule has 1 aromatic rings. The van der Waals surface area contributed by atoms with Gasteiger partial charge in [0, 0.05) is 13.1 Å². The zero-order valence-electron chi connectivity index (χ0n) is 7.28. The van der Waals surface area contributed by atoms with Crippen LogP contribution in [0.15, 0.2) is 10.6 Å². The molecule has 0 radical (unpaired) electrons. The highest BCUT2D eigenvalue weighted by Gasteiger charge is 2.07. The lowest BCUT2D eigenvalue weighted by Gasteiger charge is -2.14. The van der Waals surface area contributed by atoms with Crippen LogP contribution in [-0.4, -0.2) is 24.4 Å². The zero-order chi connectivity index (χ0) is 8.97. The number of carbonyl (C=O) groups excluding carboxylic acids is 1. The second kappa shape index (κ2) is 3.90. The van der Waals surface area contributed by atoms with Crippen LogP contribution in [0.25, 0.3) is 0 Å². The van der Waals surface area contributed by atoms with E-state index in [4.69, 9.17) is 4.42 Å². The van der Waals surface area contributed by atoms with Gasteiger partial charge in [-0.2, -0.15) is 0 Å². The fourth-order valence-corrected chi connectivity index (χ4v) is 0.972. The summed E-state index contributed by atoms with van der Waals surface area (Å²) in [6.07, 6.45) is 2.08. The predicted molar refractivity (Wildman–Crippen MR) is 45.5 cm³/mol. The van der Waals surface area contributed by atoms with Crippen molar-refractivity contribution < 1.29 is 9.21 Å². The van der Waals surface area contributed by atoms with Gasteiger partial charge < -0.3 is 9.32 Å². The van der Waals surface area contributed by atoms with Crippen LogP contribution < -0.4 is 4.90 Å². The minimum Gasteiger partial charge on any atom is -0.421 e. The molecule has 1 aromatic heterocycles. The van der Waals surface area contributed by atoms with Crippen LogP contribution in [0.3, 0.4) is 0 Å². The van der Waals surface area contributed by atoms with E-state index in [-0.39, 0.29) is 5.76 Å². The molecule has 0 aliphatic carbocycles. The Morgan fingerprint density at radius 3 is 2.67 bits per heavy atom. The third-order valence-electron chi connectivity index (χ3n) is 1.66. The van der Waals surface area contributed by atoms with Crippen LogP contribution in [0.1, 0.15) is 24.4 Å². The molecule has 0 saturated carbocycles. The number of hydrogen-bond donors (Lipinski definition) is 0. The minimum absolute atomic E-state index is 0.275. The molecule has 0 aliphatic rings. The molecule has 0 bridgehead atoms. The summed E-state index contributed by atoms with van der Waals surface area (Å²) < 4.78 is 5.12. The van der Waals surface area contributed by atoms with E-state index in [1.165, 1.54) is 6.20 Å². The average molecular weight is 168 g/mol. The summed E-state index contributed by atoms with van der Waals surface area (Å²) >= 11 is 0. The number of aldehydes is 1. The van der Waals surface area contributed by atoms with E-state index in [1.54, 1.807) is 0 Å². The Kier molecular flexibility index (Phi) is 2.85. The van der Waals surface area contributed by atoms with Gasteiger partial charge in [-0.15, -0.1) is 0 Å². The number of rotatable bonds is 4. The standard InChI is InChI=1S/C8H12N2O2/c1-3-10(4-2)8-9-5-7(6-11)12-8/h5-6H,3-4H2,1-2H3. The monoisotopic (exact) mass is 168 g/mol. The molecule has 0 saturated heterocycles. The summed E-state index contributed by atoms with van der Waals surface area (Å²) in [5.41, 5.74) is 0. The van der Waals surface area contributed by atoms with Gasteiger partial charge in [0.05, 0.1) is 6.20 Å². The van der Waals surface area contributed by atoms with E-state index in [0.29, 0.717) is 12.3 Å². The summed E-state index contributed by atoms with van der Waals surface area (Å²) in [7, 11) is 0. The first kappa shape index (κ1) is 8.77. The Morgan fingerprint density at radius 1 is 1.58 bits per heavy atom. The van der Waals surface area contributed by atoms with Crippen LogP contribution in [0, 0.1) is 0 Å². The third kappa shape index (κ3) is 1.64. The van der Waals surface area contributed by atoms with Crippen molar-refractivity contribution in [1.29, 1.82) is 0 Å². The first-order chi connectivity index (χ1) is 5.81. The van der Waals surface area contributed by atoms with Crippen molar-refractivity contribution in [2.45, 2.75) is 13.8 Å². The van der Waals surface area contributed by atoms with E-state index in [1.807, 2.05) is 18.7 Å². The smallest absolute Gasteiger partial charge is 0.297 e. The molecule has 1 rings (SSSR count). The Morgan fingerprint density at radius 2 is 2.25 bits per heavy atom. The quantitative estimate of drug-likeness (QED) is 0.636. The van der Waals surface area contributed by atoms with Gasteiger partial charge in [0.2, 0.25) is 0 Å². The Labute approximate surface area is 71.2 Å². The lowest BCUT2D eigenvalue weighted by Crippen LogP contribution is -2.21. The van der Waals surface area contributed by atoms with Crippen LogP contribution in [0.4, 0.5) is 6.01 Å². The molecule has 0 aromatic carbocycles. The number of aromatic nitrogens is 1. The Balaban J connectivity index is 2.79. The lowest BCUT2D eigenvalue weighted by molar-refractivity contribution is 0.110. The van der Waals surface area contributed by atoms with E-state index < -0.39 is 0 Å². The molecule has 0 amide bonds. The van der Waals surface area contributed by atoms with Crippen LogP contribution in [0.2, 0.25) is 0 Å². The van der Waals surface area contributed by atoms with Crippen LogP contribution in [-0.2, 0) is 0 Å². The van der Waals surface area contributed by atoms with Gasteiger partial charge in [0.25, 0.3) is 6.01 Å². The van der Waals surface area contributed by atoms with Crippen LogP contribution >= 0.6 is 0 Å². The first-order valence-corrected chi connectivity index (χ1v) is 3.97. The van der Waals surface area contributed by atoms with E-state index >= 15 is 0 Å². The molecule has 0 atom stereocenters. The number of oxazole rings is 1. The maximum Gasteiger partial charge on any atom is 0.297 e. The number of nitrogens with zero attached hydrogens (tertiary/aromatic N) is 2. The molecule has 4 heteroatoms. The average Bonchev–Trinajstić information content (AvgIpc) is 2.55. The molecule has 0 unspecified atom stereocenters. The highest BCUT2D eigenvalue weighted by Crippen LogP contribution is 2.11. The van der Waals surface area contributed by atoms with Gasteiger partial charge in [-0.25, -0.2) is 4.98 Å². The summed E-state index contributed by atoms with van der Waals surface area (Å²) in [6, 6.07) is 0.516. The SMILES string of the molecule is CCN(CC)c1ncc(C=O)o1. The van der Waals surface area contributed by atoms with E-state index in [9.17, 15) is 4.79 Å². The maximum atomic E-state index is 10.3. The molecule has 12 heavy (non-hydrogen) atoms.